The van der Waals surface area contributed by atoms with Gasteiger partial charge in [0.05, 0.1) is 10.2 Å². The summed E-state index contributed by atoms with van der Waals surface area (Å²) < 4.78 is 0.968. The summed E-state index contributed by atoms with van der Waals surface area (Å²) in [6.45, 7) is 0. The SMILES string of the molecule is Oc1nc2c(S)cccc2s1. The molecule has 0 radical (unpaired) electrons. The molecule has 0 unspecified atom stereocenters. The molecular weight excluding hydrogens is 178 g/mol. The first-order valence-corrected chi connectivity index (χ1v) is 4.31. The van der Waals surface area contributed by atoms with E-state index in [1.807, 2.05) is 18.2 Å². The summed E-state index contributed by atoms with van der Waals surface area (Å²) in [6.07, 6.45) is 0. The van der Waals surface area contributed by atoms with Crippen molar-refractivity contribution in [3.63, 3.8) is 0 Å². The third kappa shape index (κ3) is 1.08. The van der Waals surface area contributed by atoms with Crippen molar-refractivity contribution in [1.82, 2.24) is 4.98 Å². The minimum absolute atomic E-state index is 0.0986. The Labute approximate surface area is 72.9 Å². The molecule has 0 amide bonds. The fraction of sp³-hybridized carbons (Fsp3) is 0. The van der Waals surface area contributed by atoms with Crippen molar-refractivity contribution < 1.29 is 5.11 Å². The van der Waals surface area contributed by atoms with Gasteiger partial charge in [0.25, 0.3) is 5.19 Å². The highest BCUT2D eigenvalue weighted by Crippen LogP contribution is 2.29. The molecule has 1 aromatic carbocycles. The van der Waals surface area contributed by atoms with Crippen molar-refractivity contribution in [2.24, 2.45) is 0 Å². The zero-order valence-electron chi connectivity index (χ0n) is 5.48. The monoisotopic (exact) mass is 183 g/mol. The minimum Gasteiger partial charge on any atom is -0.486 e. The van der Waals surface area contributed by atoms with Gasteiger partial charge in [-0.3, -0.25) is 0 Å². The summed E-state index contributed by atoms with van der Waals surface area (Å²) in [5, 5.41) is 9.15. The van der Waals surface area contributed by atoms with Crippen LogP contribution in [0.5, 0.6) is 5.19 Å². The molecule has 0 atom stereocenters. The van der Waals surface area contributed by atoms with Crippen LogP contribution in [0.1, 0.15) is 0 Å². The molecule has 2 rings (SSSR count). The van der Waals surface area contributed by atoms with E-state index in [9.17, 15) is 0 Å². The third-order valence-electron chi connectivity index (χ3n) is 1.39. The van der Waals surface area contributed by atoms with E-state index >= 15 is 0 Å². The number of thiazole rings is 1. The van der Waals surface area contributed by atoms with Crippen LogP contribution in [0.2, 0.25) is 0 Å². The molecule has 1 aromatic heterocycles. The van der Waals surface area contributed by atoms with Crippen LogP contribution >= 0.6 is 24.0 Å². The normalized spacial score (nSPS) is 10.6. The predicted molar refractivity (Wildman–Crippen MR) is 48.5 cm³/mol. The minimum atomic E-state index is 0.0986. The molecule has 0 fully saturated rings. The van der Waals surface area contributed by atoms with Gasteiger partial charge in [-0.15, -0.1) is 12.6 Å². The zero-order valence-corrected chi connectivity index (χ0v) is 7.19. The summed E-state index contributed by atoms with van der Waals surface area (Å²) in [7, 11) is 0. The number of benzene rings is 1. The van der Waals surface area contributed by atoms with Crippen LogP contribution in [0.15, 0.2) is 23.1 Å². The number of para-hydroxylation sites is 1. The molecule has 0 saturated carbocycles. The topological polar surface area (TPSA) is 33.1 Å². The summed E-state index contributed by atoms with van der Waals surface area (Å²) in [4.78, 5) is 4.72. The van der Waals surface area contributed by atoms with E-state index in [4.69, 9.17) is 5.11 Å². The molecule has 56 valence electrons. The molecule has 2 aromatic rings. The maximum atomic E-state index is 9.05. The van der Waals surface area contributed by atoms with Crippen LogP contribution in [-0.4, -0.2) is 10.1 Å². The largest absolute Gasteiger partial charge is 0.486 e. The van der Waals surface area contributed by atoms with Crippen LogP contribution < -0.4 is 0 Å². The van der Waals surface area contributed by atoms with Gasteiger partial charge in [-0.05, 0) is 12.1 Å². The first kappa shape index (κ1) is 6.94. The van der Waals surface area contributed by atoms with E-state index in [1.165, 1.54) is 11.3 Å². The number of thiol groups is 1. The average Bonchev–Trinajstić information content (AvgIpc) is 2.31. The summed E-state index contributed by atoms with van der Waals surface area (Å²) in [6, 6.07) is 5.65. The molecule has 1 heterocycles. The molecule has 0 aliphatic rings. The van der Waals surface area contributed by atoms with Gasteiger partial charge >= 0.3 is 0 Å². The second-order valence-electron chi connectivity index (χ2n) is 2.12. The van der Waals surface area contributed by atoms with Gasteiger partial charge in [-0.1, -0.05) is 17.4 Å². The number of hydrogen-bond donors (Lipinski definition) is 2. The molecule has 1 N–H and O–H groups in total. The molecule has 4 heteroatoms. The highest BCUT2D eigenvalue weighted by Gasteiger charge is 2.03. The lowest BCUT2D eigenvalue weighted by atomic mass is 10.3. The standard InChI is InChI=1S/C7H5NOS2/c9-7-8-6-4(10)2-1-3-5(6)11-7/h1-3,10H,(H,8,9). The van der Waals surface area contributed by atoms with Gasteiger partial charge < -0.3 is 5.11 Å². The number of aromatic nitrogens is 1. The molecular formula is C7H5NOS2. The Morgan fingerprint density at radius 1 is 1.45 bits per heavy atom. The van der Waals surface area contributed by atoms with Gasteiger partial charge in [0.15, 0.2) is 0 Å². The molecule has 0 saturated heterocycles. The second-order valence-corrected chi connectivity index (χ2v) is 3.61. The van der Waals surface area contributed by atoms with E-state index in [2.05, 4.69) is 17.6 Å². The molecule has 0 aliphatic carbocycles. The van der Waals surface area contributed by atoms with Crippen molar-refractivity contribution in [2.75, 3.05) is 0 Å². The van der Waals surface area contributed by atoms with Crippen molar-refractivity contribution in [2.45, 2.75) is 4.90 Å². The van der Waals surface area contributed by atoms with E-state index in [-0.39, 0.29) is 5.19 Å². The fourth-order valence-corrected chi connectivity index (χ4v) is 1.99. The lowest BCUT2D eigenvalue weighted by molar-refractivity contribution is 0.472. The maximum absolute atomic E-state index is 9.05. The lowest BCUT2D eigenvalue weighted by Gasteiger charge is -1.88. The van der Waals surface area contributed by atoms with Crippen molar-refractivity contribution in [3.8, 4) is 5.19 Å². The number of rotatable bonds is 0. The molecule has 0 aliphatic heterocycles. The zero-order chi connectivity index (χ0) is 7.84. The maximum Gasteiger partial charge on any atom is 0.271 e. The molecule has 2 nitrogen and oxygen atoms in total. The number of aromatic hydroxyl groups is 1. The summed E-state index contributed by atoms with van der Waals surface area (Å²) in [5.41, 5.74) is 0.776. The third-order valence-corrected chi connectivity index (χ3v) is 2.57. The Morgan fingerprint density at radius 3 is 3.00 bits per heavy atom. The van der Waals surface area contributed by atoms with Crippen LogP contribution in [0.25, 0.3) is 10.2 Å². The van der Waals surface area contributed by atoms with Crippen LogP contribution in [0.4, 0.5) is 0 Å². The molecule has 0 spiro atoms. The molecule has 0 bridgehead atoms. The van der Waals surface area contributed by atoms with Crippen LogP contribution in [0, 0.1) is 0 Å². The van der Waals surface area contributed by atoms with Crippen LogP contribution in [0.3, 0.4) is 0 Å². The van der Waals surface area contributed by atoms with E-state index in [1.54, 1.807) is 0 Å². The van der Waals surface area contributed by atoms with Crippen LogP contribution in [-0.2, 0) is 0 Å². The Balaban J connectivity index is 2.90. The Bertz CT molecular complexity index is 396. The highest BCUT2D eigenvalue weighted by molar-refractivity contribution is 7.80. The van der Waals surface area contributed by atoms with E-state index in [0.717, 1.165) is 15.1 Å². The molecule has 11 heavy (non-hydrogen) atoms. The van der Waals surface area contributed by atoms with E-state index in [0.29, 0.717) is 0 Å². The number of fused-ring (bicyclic) bond motifs is 1. The number of hydrogen-bond acceptors (Lipinski definition) is 4. The van der Waals surface area contributed by atoms with Crippen molar-refractivity contribution >= 4 is 34.2 Å². The summed E-state index contributed by atoms with van der Waals surface area (Å²) in [5.74, 6) is 0. The quantitative estimate of drug-likeness (QED) is 0.614. The Morgan fingerprint density at radius 2 is 2.27 bits per heavy atom. The highest BCUT2D eigenvalue weighted by atomic mass is 32.1. The lowest BCUT2D eigenvalue weighted by Crippen LogP contribution is -1.69. The van der Waals surface area contributed by atoms with Gasteiger partial charge in [0, 0.05) is 4.90 Å². The van der Waals surface area contributed by atoms with Gasteiger partial charge in [-0.25, -0.2) is 4.98 Å². The number of nitrogens with zero attached hydrogens (tertiary/aromatic N) is 1. The second kappa shape index (κ2) is 2.39. The van der Waals surface area contributed by atoms with Gasteiger partial charge in [-0.2, -0.15) is 0 Å². The smallest absolute Gasteiger partial charge is 0.271 e. The van der Waals surface area contributed by atoms with Gasteiger partial charge in [0.1, 0.15) is 0 Å². The fourth-order valence-electron chi connectivity index (χ4n) is 0.922. The predicted octanol–water partition coefficient (Wildman–Crippen LogP) is 2.29. The first-order valence-electron chi connectivity index (χ1n) is 3.05. The Hall–Kier alpha value is -0.740. The summed E-state index contributed by atoms with van der Waals surface area (Å²) >= 11 is 5.46. The first-order chi connectivity index (χ1) is 5.27. The average molecular weight is 183 g/mol. The van der Waals surface area contributed by atoms with Gasteiger partial charge in [0.2, 0.25) is 0 Å². The van der Waals surface area contributed by atoms with Crippen molar-refractivity contribution in [3.05, 3.63) is 18.2 Å². The van der Waals surface area contributed by atoms with Crippen molar-refractivity contribution in [1.29, 1.82) is 0 Å². The van der Waals surface area contributed by atoms with E-state index < -0.39 is 0 Å². The Kier molecular flexibility index (Phi) is 1.51.